The number of rotatable bonds is 4. The molecule has 1 aromatic heterocycles. The fourth-order valence-corrected chi connectivity index (χ4v) is 5.16. The predicted molar refractivity (Wildman–Crippen MR) is 99.8 cm³/mol. The first kappa shape index (κ1) is 18.4. The summed E-state index contributed by atoms with van der Waals surface area (Å²) >= 11 is 7.25. The average Bonchev–Trinajstić information content (AvgIpc) is 3.01. The van der Waals surface area contributed by atoms with Crippen molar-refractivity contribution in [2.24, 2.45) is 0 Å². The normalized spacial score (nSPS) is 16.2. The summed E-state index contributed by atoms with van der Waals surface area (Å²) in [6.45, 7) is 3.02. The second-order valence-corrected chi connectivity index (χ2v) is 9.14. The van der Waals surface area contributed by atoms with Gasteiger partial charge in [-0.3, -0.25) is 4.79 Å². The largest absolute Gasteiger partial charge is 0.338 e. The number of piperidine rings is 1. The maximum absolute atomic E-state index is 12.5. The monoisotopic (exact) mass is 398 g/mol. The van der Waals surface area contributed by atoms with Crippen molar-refractivity contribution >= 4 is 38.9 Å². The van der Waals surface area contributed by atoms with E-state index in [0.29, 0.717) is 31.0 Å². The Balaban J connectivity index is 1.60. The molecule has 2 aromatic rings. The first-order valence-electron chi connectivity index (χ1n) is 7.98. The van der Waals surface area contributed by atoms with E-state index in [0.717, 1.165) is 10.4 Å². The summed E-state index contributed by atoms with van der Waals surface area (Å²) < 4.78 is 27.6. The minimum atomic E-state index is -3.57. The smallest absolute Gasteiger partial charge is 0.264 e. The number of likely N-dealkylation sites (tertiary alicyclic amines) is 1. The molecular formula is C17H19ClN2O3S2. The van der Waals surface area contributed by atoms with Gasteiger partial charge in [0.15, 0.2) is 0 Å². The topological polar surface area (TPSA) is 66.5 Å². The van der Waals surface area contributed by atoms with Crippen LogP contribution >= 0.6 is 22.9 Å². The van der Waals surface area contributed by atoms with Crippen LogP contribution in [0.15, 0.2) is 40.6 Å². The number of thiophene rings is 1. The van der Waals surface area contributed by atoms with E-state index in [1.165, 1.54) is 23.5 Å². The van der Waals surface area contributed by atoms with Gasteiger partial charge in [-0.25, -0.2) is 13.1 Å². The number of benzene rings is 1. The number of halogens is 1. The molecule has 25 heavy (non-hydrogen) atoms. The molecule has 0 radical (unpaired) electrons. The Kier molecular flexibility index (Phi) is 5.48. The van der Waals surface area contributed by atoms with Gasteiger partial charge in [-0.15, -0.1) is 11.3 Å². The molecule has 0 aliphatic carbocycles. The van der Waals surface area contributed by atoms with Crippen molar-refractivity contribution in [3.05, 3.63) is 51.2 Å². The number of sulfonamides is 1. The lowest BCUT2D eigenvalue weighted by atomic mass is 10.1. The van der Waals surface area contributed by atoms with E-state index < -0.39 is 10.0 Å². The zero-order valence-electron chi connectivity index (χ0n) is 13.7. The molecule has 1 fully saturated rings. The highest BCUT2D eigenvalue weighted by molar-refractivity contribution is 7.89. The molecule has 0 unspecified atom stereocenters. The number of carbonyl (C=O) groups excluding carboxylic acids is 1. The van der Waals surface area contributed by atoms with Gasteiger partial charge >= 0.3 is 0 Å². The molecule has 1 amide bonds. The molecule has 1 aliphatic heterocycles. The lowest BCUT2D eigenvalue weighted by Gasteiger charge is -2.32. The van der Waals surface area contributed by atoms with Gasteiger partial charge in [0.2, 0.25) is 10.0 Å². The molecule has 8 heteroatoms. The Morgan fingerprint density at radius 2 is 1.84 bits per heavy atom. The summed E-state index contributed by atoms with van der Waals surface area (Å²) in [5, 5.41) is 2.41. The number of nitrogens with zero attached hydrogens (tertiary/aromatic N) is 1. The Labute approximate surface area is 156 Å². The summed E-state index contributed by atoms with van der Waals surface area (Å²) in [5.74, 6) is 0.0338. The molecule has 134 valence electrons. The van der Waals surface area contributed by atoms with Gasteiger partial charge < -0.3 is 4.90 Å². The Hall–Kier alpha value is -1.41. The molecule has 0 spiro atoms. The maximum atomic E-state index is 12.5. The Morgan fingerprint density at radius 1 is 1.20 bits per heavy atom. The quantitative estimate of drug-likeness (QED) is 0.859. The average molecular weight is 399 g/mol. The molecule has 1 saturated heterocycles. The molecule has 1 N–H and O–H groups in total. The van der Waals surface area contributed by atoms with E-state index in [1.807, 2.05) is 18.4 Å². The number of hydrogen-bond donors (Lipinski definition) is 1. The number of hydrogen-bond acceptors (Lipinski definition) is 4. The molecule has 5 nitrogen and oxygen atoms in total. The van der Waals surface area contributed by atoms with E-state index in [2.05, 4.69) is 4.72 Å². The van der Waals surface area contributed by atoms with Gasteiger partial charge in [0.25, 0.3) is 5.91 Å². The minimum absolute atomic E-state index is 0.0338. The first-order valence-corrected chi connectivity index (χ1v) is 10.7. The predicted octanol–water partition coefficient (Wildman–Crippen LogP) is 3.29. The summed E-state index contributed by atoms with van der Waals surface area (Å²) in [4.78, 5) is 15.3. The van der Waals surface area contributed by atoms with Crippen LogP contribution in [0.5, 0.6) is 0 Å². The lowest BCUT2D eigenvalue weighted by Crippen LogP contribution is -2.46. The number of nitrogens with one attached hydrogen (secondary N) is 1. The molecular weight excluding hydrogens is 380 g/mol. The van der Waals surface area contributed by atoms with Crippen molar-refractivity contribution < 1.29 is 13.2 Å². The van der Waals surface area contributed by atoms with Crippen LogP contribution in [0.2, 0.25) is 5.02 Å². The molecule has 0 atom stereocenters. The van der Waals surface area contributed by atoms with E-state index in [1.54, 1.807) is 17.0 Å². The van der Waals surface area contributed by atoms with Crippen molar-refractivity contribution in [1.29, 1.82) is 0 Å². The van der Waals surface area contributed by atoms with Crippen LogP contribution in [0, 0.1) is 6.92 Å². The third-order valence-electron chi connectivity index (χ3n) is 4.28. The van der Waals surface area contributed by atoms with Crippen LogP contribution < -0.4 is 4.72 Å². The highest BCUT2D eigenvalue weighted by atomic mass is 35.5. The number of carbonyl (C=O) groups is 1. The lowest BCUT2D eigenvalue weighted by molar-refractivity contribution is 0.0715. The van der Waals surface area contributed by atoms with Crippen LogP contribution in [0.3, 0.4) is 0 Å². The van der Waals surface area contributed by atoms with E-state index in [-0.39, 0.29) is 16.8 Å². The molecule has 0 saturated carbocycles. The van der Waals surface area contributed by atoms with Crippen molar-refractivity contribution in [2.45, 2.75) is 30.7 Å². The maximum Gasteiger partial charge on any atom is 0.264 e. The highest BCUT2D eigenvalue weighted by Gasteiger charge is 2.28. The zero-order chi connectivity index (χ0) is 18.0. The Morgan fingerprint density at radius 3 is 2.40 bits per heavy atom. The van der Waals surface area contributed by atoms with Gasteiger partial charge in [0.05, 0.1) is 9.77 Å². The second-order valence-electron chi connectivity index (χ2n) is 6.07. The van der Waals surface area contributed by atoms with Crippen molar-refractivity contribution in [3.8, 4) is 0 Å². The van der Waals surface area contributed by atoms with Crippen molar-refractivity contribution in [3.63, 3.8) is 0 Å². The van der Waals surface area contributed by atoms with Gasteiger partial charge in [-0.2, -0.15) is 0 Å². The molecule has 2 heterocycles. The van der Waals surface area contributed by atoms with E-state index in [4.69, 9.17) is 11.6 Å². The summed E-state index contributed by atoms with van der Waals surface area (Å²) in [5.41, 5.74) is 0.987. The molecule has 1 aromatic carbocycles. The fraction of sp³-hybridized carbons (Fsp3) is 0.353. The second kappa shape index (κ2) is 7.45. The van der Waals surface area contributed by atoms with Crippen LogP contribution in [-0.4, -0.2) is 38.4 Å². The SMILES string of the molecule is Cc1ccsc1C(=O)N1CCC(NS(=O)(=O)c2ccc(Cl)cc2)CC1. The molecule has 3 rings (SSSR count). The van der Waals surface area contributed by atoms with Gasteiger partial charge in [0.1, 0.15) is 0 Å². The van der Waals surface area contributed by atoms with Crippen LogP contribution in [-0.2, 0) is 10.0 Å². The molecule has 0 bridgehead atoms. The van der Waals surface area contributed by atoms with Crippen molar-refractivity contribution in [2.75, 3.05) is 13.1 Å². The Bertz CT molecular complexity index is 854. The van der Waals surface area contributed by atoms with E-state index >= 15 is 0 Å². The highest BCUT2D eigenvalue weighted by Crippen LogP contribution is 2.22. The summed E-state index contributed by atoms with van der Waals surface area (Å²) in [6, 6.07) is 7.85. The summed E-state index contributed by atoms with van der Waals surface area (Å²) in [7, 11) is -3.57. The number of aryl methyl sites for hydroxylation is 1. The van der Waals surface area contributed by atoms with Crippen LogP contribution in [0.25, 0.3) is 0 Å². The summed E-state index contributed by atoms with van der Waals surface area (Å²) in [6.07, 6.45) is 1.20. The van der Waals surface area contributed by atoms with Gasteiger partial charge in [-0.05, 0) is 61.0 Å². The van der Waals surface area contributed by atoms with Gasteiger partial charge in [-0.1, -0.05) is 11.6 Å². The minimum Gasteiger partial charge on any atom is -0.338 e. The fourth-order valence-electron chi connectivity index (χ4n) is 2.84. The van der Waals surface area contributed by atoms with Crippen molar-refractivity contribution in [1.82, 2.24) is 9.62 Å². The standard InChI is InChI=1S/C17H19ClN2O3S2/c1-12-8-11-24-16(12)17(21)20-9-6-14(7-10-20)19-25(22,23)15-4-2-13(18)3-5-15/h2-5,8,11,14,19H,6-7,9-10H2,1H3. The zero-order valence-corrected chi connectivity index (χ0v) is 16.1. The first-order chi connectivity index (χ1) is 11.9. The molecule has 1 aliphatic rings. The van der Waals surface area contributed by atoms with Crippen LogP contribution in [0.4, 0.5) is 0 Å². The third-order valence-corrected chi connectivity index (χ3v) is 7.08. The van der Waals surface area contributed by atoms with Crippen LogP contribution in [0.1, 0.15) is 28.1 Å². The van der Waals surface area contributed by atoms with E-state index in [9.17, 15) is 13.2 Å². The third kappa shape index (κ3) is 4.23. The number of amides is 1. The van der Waals surface area contributed by atoms with Gasteiger partial charge in [0, 0.05) is 24.2 Å².